The van der Waals surface area contributed by atoms with Gasteiger partial charge in [-0.1, -0.05) is 0 Å². The molecular formula is C21H18O8. The summed E-state index contributed by atoms with van der Waals surface area (Å²) in [7, 11) is 2.86. The van der Waals surface area contributed by atoms with Crippen molar-refractivity contribution in [1.82, 2.24) is 0 Å². The minimum Gasteiger partial charge on any atom is -0.502 e. The molecule has 1 saturated heterocycles. The number of ketones is 1. The molecular weight excluding hydrogens is 380 g/mol. The van der Waals surface area contributed by atoms with Crippen molar-refractivity contribution in [3.05, 3.63) is 41.0 Å². The Labute approximate surface area is 165 Å². The van der Waals surface area contributed by atoms with Crippen LogP contribution in [0.25, 0.3) is 0 Å². The van der Waals surface area contributed by atoms with Crippen LogP contribution in [0.1, 0.15) is 27.4 Å². The molecule has 8 nitrogen and oxygen atoms in total. The fraction of sp³-hybridized carbons (Fsp3) is 0.333. The number of phenols is 1. The second-order valence-corrected chi connectivity index (χ2v) is 7.17. The van der Waals surface area contributed by atoms with Crippen molar-refractivity contribution in [3.63, 3.8) is 0 Å². The molecule has 1 aliphatic carbocycles. The van der Waals surface area contributed by atoms with E-state index in [4.69, 9.17) is 23.7 Å². The second kappa shape index (κ2) is 6.30. The van der Waals surface area contributed by atoms with Crippen molar-refractivity contribution < 1.29 is 38.4 Å². The zero-order valence-electron chi connectivity index (χ0n) is 15.8. The maximum absolute atomic E-state index is 13.1. The number of phenolic OH excluding ortho intramolecular Hbond substituents is 1. The van der Waals surface area contributed by atoms with Gasteiger partial charge in [0.15, 0.2) is 28.8 Å². The SMILES string of the molecule is COc1cc(C2c3cc4c(cc3C(=O)C3COC(=O)C32)OCO4)cc(OC)c1O. The predicted octanol–water partition coefficient (Wildman–Crippen LogP) is 2.26. The molecule has 2 aromatic carbocycles. The van der Waals surface area contributed by atoms with E-state index in [9.17, 15) is 14.7 Å². The Kier molecular flexibility index (Phi) is 3.84. The fourth-order valence-corrected chi connectivity index (χ4v) is 4.45. The molecule has 2 heterocycles. The molecule has 5 rings (SSSR count). The first-order chi connectivity index (χ1) is 14.0. The molecule has 0 amide bonds. The number of esters is 1. The van der Waals surface area contributed by atoms with Crippen LogP contribution in [-0.2, 0) is 9.53 Å². The third kappa shape index (κ3) is 2.45. The number of ether oxygens (including phenoxy) is 5. The number of benzene rings is 2. The van der Waals surface area contributed by atoms with Gasteiger partial charge in [-0.25, -0.2) is 0 Å². The molecule has 2 aliphatic heterocycles. The first-order valence-electron chi connectivity index (χ1n) is 9.12. The lowest BCUT2D eigenvalue weighted by Gasteiger charge is -2.32. The number of aromatic hydroxyl groups is 1. The number of methoxy groups -OCH3 is 2. The number of Topliss-reactive ketones (excluding diaryl/α,β-unsaturated/α-hetero) is 1. The van der Waals surface area contributed by atoms with Gasteiger partial charge in [0.2, 0.25) is 12.5 Å². The lowest BCUT2D eigenvalue weighted by molar-refractivity contribution is -0.141. The molecule has 29 heavy (non-hydrogen) atoms. The van der Waals surface area contributed by atoms with Crippen molar-refractivity contribution >= 4 is 11.8 Å². The van der Waals surface area contributed by atoms with Gasteiger partial charge >= 0.3 is 5.97 Å². The summed E-state index contributed by atoms with van der Waals surface area (Å²) in [6.07, 6.45) is 0. The molecule has 3 atom stereocenters. The largest absolute Gasteiger partial charge is 0.502 e. The highest BCUT2D eigenvalue weighted by Gasteiger charge is 2.52. The zero-order valence-corrected chi connectivity index (χ0v) is 15.8. The Morgan fingerprint density at radius 1 is 0.966 bits per heavy atom. The van der Waals surface area contributed by atoms with Crippen LogP contribution in [0, 0.1) is 11.8 Å². The lowest BCUT2D eigenvalue weighted by Crippen LogP contribution is -2.36. The third-order valence-electron chi connectivity index (χ3n) is 5.81. The van der Waals surface area contributed by atoms with E-state index in [0.29, 0.717) is 28.2 Å². The number of carbonyl (C=O) groups excluding carboxylic acids is 2. The first-order valence-corrected chi connectivity index (χ1v) is 9.12. The highest BCUT2D eigenvalue weighted by molar-refractivity contribution is 6.05. The summed E-state index contributed by atoms with van der Waals surface area (Å²) < 4.78 is 26.7. The van der Waals surface area contributed by atoms with Gasteiger partial charge in [0.05, 0.1) is 26.1 Å². The van der Waals surface area contributed by atoms with Crippen LogP contribution in [0.2, 0.25) is 0 Å². The van der Waals surface area contributed by atoms with Gasteiger partial charge in [-0.3, -0.25) is 9.59 Å². The first kappa shape index (κ1) is 17.7. The third-order valence-corrected chi connectivity index (χ3v) is 5.81. The highest BCUT2D eigenvalue weighted by atomic mass is 16.7. The maximum atomic E-state index is 13.1. The molecule has 0 aromatic heterocycles. The highest BCUT2D eigenvalue weighted by Crippen LogP contribution is 2.52. The number of carbonyl (C=O) groups is 2. The van der Waals surface area contributed by atoms with Gasteiger partial charge < -0.3 is 28.8 Å². The van der Waals surface area contributed by atoms with Crippen molar-refractivity contribution in [1.29, 1.82) is 0 Å². The van der Waals surface area contributed by atoms with Crippen molar-refractivity contribution in [3.8, 4) is 28.7 Å². The van der Waals surface area contributed by atoms with Gasteiger partial charge in [0.25, 0.3) is 0 Å². The van der Waals surface area contributed by atoms with Crippen molar-refractivity contribution in [2.45, 2.75) is 5.92 Å². The summed E-state index contributed by atoms with van der Waals surface area (Å²) >= 11 is 0. The minimum atomic E-state index is -0.686. The monoisotopic (exact) mass is 398 g/mol. The molecule has 150 valence electrons. The molecule has 3 unspecified atom stereocenters. The molecule has 2 aromatic rings. The topological polar surface area (TPSA) is 101 Å². The second-order valence-electron chi connectivity index (χ2n) is 7.17. The molecule has 0 bridgehead atoms. The van der Waals surface area contributed by atoms with Gasteiger partial charge in [-0.2, -0.15) is 0 Å². The van der Waals surface area contributed by atoms with Crippen LogP contribution < -0.4 is 18.9 Å². The van der Waals surface area contributed by atoms with Gasteiger partial charge in [-0.15, -0.1) is 0 Å². The van der Waals surface area contributed by atoms with Gasteiger partial charge in [-0.05, 0) is 35.4 Å². The quantitative estimate of drug-likeness (QED) is 0.786. The smallest absolute Gasteiger partial charge is 0.310 e. The molecule has 1 fully saturated rings. The summed E-state index contributed by atoms with van der Waals surface area (Å²) in [5, 5.41) is 10.3. The summed E-state index contributed by atoms with van der Waals surface area (Å²) in [6.45, 7) is 0.117. The van der Waals surface area contributed by atoms with E-state index in [1.165, 1.54) is 14.2 Å². The van der Waals surface area contributed by atoms with E-state index < -0.39 is 23.7 Å². The van der Waals surface area contributed by atoms with E-state index in [1.807, 2.05) is 0 Å². The Morgan fingerprint density at radius 3 is 2.28 bits per heavy atom. The van der Waals surface area contributed by atoms with Gasteiger partial charge in [0.1, 0.15) is 6.61 Å². The maximum Gasteiger partial charge on any atom is 0.310 e. The Bertz CT molecular complexity index is 1020. The lowest BCUT2D eigenvalue weighted by atomic mass is 9.67. The van der Waals surface area contributed by atoms with Crippen LogP contribution in [0.4, 0.5) is 0 Å². The number of rotatable bonds is 3. The molecule has 8 heteroatoms. The average molecular weight is 398 g/mol. The number of fused-ring (bicyclic) bond motifs is 3. The van der Waals surface area contributed by atoms with Crippen LogP contribution in [0.5, 0.6) is 28.7 Å². The minimum absolute atomic E-state index is 0.0407. The Hall–Kier alpha value is -3.42. The van der Waals surface area contributed by atoms with Crippen molar-refractivity contribution in [2.75, 3.05) is 27.6 Å². The Morgan fingerprint density at radius 2 is 1.62 bits per heavy atom. The van der Waals surface area contributed by atoms with Crippen LogP contribution in [-0.4, -0.2) is 44.5 Å². The summed E-state index contributed by atoms with van der Waals surface area (Å²) in [4.78, 5) is 25.7. The predicted molar refractivity (Wildman–Crippen MR) is 97.9 cm³/mol. The average Bonchev–Trinajstić information content (AvgIpc) is 3.34. The summed E-state index contributed by atoms with van der Waals surface area (Å²) in [5.41, 5.74) is 1.79. The fourth-order valence-electron chi connectivity index (χ4n) is 4.45. The summed E-state index contributed by atoms with van der Waals surface area (Å²) in [5.74, 6) is -1.05. The van der Waals surface area contributed by atoms with Crippen LogP contribution in [0.15, 0.2) is 24.3 Å². The number of hydrogen-bond donors (Lipinski definition) is 1. The van der Waals surface area contributed by atoms with E-state index in [2.05, 4.69) is 0 Å². The number of hydrogen-bond acceptors (Lipinski definition) is 8. The molecule has 0 spiro atoms. The van der Waals surface area contributed by atoms with Crippen LogP contribution >= 0.6 is 0 Å². The normalized spacial score (nSPS) is 24.0. The standard InChI is InChI=1S/C21H18O8/c1-25-15-3-9(4-16(26-2)20(15)23)17-10-5-13-14(29-8-28-13)6-11(10)19(22)12-7-27-21(24)18(12)17/h3-6,12,17-18,23H,7-8H2,1-2H3. The molecule has 1 N–H and O–H groups in total. The van der Waals surface area contributed by atoms with E-state index in [0.717, 1.165) is 0 Å². The van der Waals surface area contributed by atoms with E-state index in [1.54, 1.807) is 24.3 Å². The van der Waals surface area contributed by atoms with Gasteiger partial charge in [0, 0.05) is 11.5 Å². The van der Waals surface area contributed by atoms with E-state index >= 15 is 0 Å². The molecule has 0 saturated carbocycles. The molecule has 0 radical (unpaired) electrons. The Balaban J connectivity index is 1.76. The van der Waals surface area contributed by atoms with Crippen molar-refractivity contribution in [2.24, 2.45) is 11.8 Å². The summed E-state index contributed by atoms with van der Waals surface area (Å²) in [6, 6.07) is 6.71. The number of cyclic esters (lactones) is 1. The molecule has 3 aliphatic rings. The van der Waals surface area contributed by atoms with Crippen LogP contribution in [0.3, 0.4) is 0 Å². The zero-order chi connectivity index (χ0) is 20.3. The van der Waals surface area contributed by atoms with E-state index in [-0.39, 0.29) is 36.4 Å².